The normalized spacial score (nSPS) is 11.8. The van der Waals surface area contributed by atoms with Gasteiger partial charge in [0.05, 0.1) is 13.0 Å². The Balaban J connectivity index is 2.54. The van der Waals surface area contributed by atoms with E-state index in [4.69, 9.17) is 9.84 Å². The SMILES string of the molecule is CCC(C)N(CC(=O)O)C(=O)CCOc1ccccc1C. The van der Waals surface area contributed by atoms with Crippen molar-refractivity contribution in [2.45, 2.75) is 39.7 Å². The lowest BCUT2D eigenvalue weighted by Gasteiger charge is -2.27. The molecule has 1 amide bonds. The second-order valence-electron chi connectivity index (χ2n) is 5.04. The Morgan fingerprint density at radius 3 is 2.57 bits per heavy atom. The van der Waals surface area contributed by atoms with Crippen LogP contribution in [0.2, 0.25) is 0 Å². The van der Waals surface area contributed by atoms with E-state index in [1.54, 1.807) is 0 Å². The van der Waals surface area contributed by atoms with Crippen molar-refractivity contribution >= 4 is 11.9 Å². The number of aryl methyl sites for hydroxylation is 1. The van der Waals surface area contributed by atoms with Gasteiger partial charge < -0.3 is 14.7 Å². The van der Waals surface area contributed by atoms with Crippen molar-refractivity contribution in [3.8, 4) is 5.75 Å². The minimum absolute atomic E-state index is 0.0907. The Morgan fingerprint density at radius 2 is 2.00 bits per heavy atom. The number of hydrogen-bond acceptors (Lipinski definition) is 3. The molecule has 1 aromatic rings. The summed E-state index contributed by atoms with van der Waals surface area (Å²) in [5.74, 6) is -0.442. The first-order chi connectivity index (χ1) is 9.95. The van der Waals surface area contributed by atoms with Crippen molar-refractivity contribution in [3.63, 3.8) is 0 Å². The van der Waals surface area contributed by atoms with Gasteiger partial charge in [-0.15, -0.1) is 0 Å². The molecule has 5 nitrogen and oxygen atoms in total. The predicted molar refractivity (Wildman–Crippen MR) is 80.4 cm³/mol. The van der Waals surface area contributed by atoms with Crippen LogP contribution in [0.5, 0.6) is 5.75 Å². The number of carboxylic acids is 1. The van der Waals surface area contributed by atoms with Crippen molar-refractivity contribution in [1.82, 2.24) is 4.90 Å². The molecule has 5 heteroatoms. The highest BCUT2D eigenvalue weighted by Crippen LogP contribution is 2.16. The number of para-hydroxylation sites is 1. The maximum atomic E-state index is 12.1. The Bertz CT molecular complexity index is 487. The van der Waals surface area contributed by atoms with Gasteiger partial charge in [-0.05, 0) is 31.9 Å². The summed E-state index contributed by atoms with van der Waals surface area (Å²) >= 11 is 0. The van der Waals surface area contributed by atoms with E-state index in [0.29, 0.717) is 0 Å². The highest BCUT2D eigenvalue weighted by atomic mass is 16.5. The third-order valence-corrected chi connectivity index (χ3v) is 3.42. The molecule has 116 valence electrons. The first kappa shape index (κ1) is 17.0. The molecule has 0 fully saturated rings. The summed E-state index contributed by atoms with van der Waals surface area (Å²) < 4.78 is 5.58. The maximum absolute atomic E-state index is 12.1. The molecule has 1 unspecified atom stereocenters. The van der Waals surface area contributed by atoms with Gasteiger partial charge >= 0.3 is 5.97 Å². The molecular weight excluding hydrogens is 270 g/mol. The van der Waals surface area contributed by atoms with E-state index < -0.39 is 5.97 Å². The van der Waals surface area contributed by atoms with Crippen molar-refractivity contribution in [2.24, 2.45) is 0 Å². The van der Waals surface area contributed by atoms with E-state index >= 15 is 0 Å². The average molecular weight is 293 g/mol. The van der Waals surface area contributed by atoms with Crippen molar-refractivity contribution < 1.29 is 19.4 Å². The van der Waals surface area contributed by atoms with Crippen molar-refractivity contribution in [2.75, 3.05) is 13.2 Å². The molecule has 0 aliphatic rings. The number of nitrogens with zero attached hydrogens (tertiary/aromatic N) is 1. The molecule has 1 atom stereocenters. The van der Waals surface area contributed by atoms with Crippen LogP contribution in [0, 0.1) is 6.92 Å². The summed E-state index contributed by atoms with van der Waals surface area (Å²) in [4.78, 5) is 24.4. The number of rotatable bonds is 8. The topological polar surface area (TPSA) is 66.8 Å². The Hall–Kier alpha value is -2.04. The van der Waals surface area contributed by atoms with E-state index in [2.05, 4.69) is 0 Å². The molecule has 0 aliphatic heterocycles. The molecule has 21 heavy (non-hydrogen) atoms. The zero-order chi connectivity index (χ0) is 15.8. The lowest BCUT2D eigenvalue weighted by Crippen LogP contribution is -2.42. The van der Waals surface area contributed by atoms with Crippen LogP contribution < -0.4 is 4.74 Å². The second kappa shape index (κ2) is 8.29. The molecule has 0 aromatic heterocycles. The first-order valence-corrected chi connectivity index (χ1v) is 7.15. The third kappa shape index (κ3) is 5.45. The van der Waals surface area contributed by atoms with Gasteiger partial charge in [-0.3, -0.25) is 9.59 Å². The lowest BCUT2D eigenvalue weighted by molar-refractivity contribution is -0.146. The van der Waals surface area contributed by atoms with Crippen LogP contribution in [-0.4, -0.2) is 41.1 Å². The van der Waals surface area contributed by atoms with E-state index in [1.807, 2.05) is 45.0 Å². The average Bonchev–Trinajstić information content (AvgIpc) is 2.45. The summed E-state index contributed by atoms with van der Waals surface area (Å²) in [6.07, 6.45) is 0.892. The number of ether oxygens (including phenoxy) is 1. The molecule has 0 saturated heterocycles. The zero-order valence-corrected chi connectivity index (χ0v) is 12.8. The highest BCUT2D eigenvalue weighted by Gasteiger charge is 2.21. The van der Waals surface area contributed by atoms with Crippen molar-refractivity contribution in [1.29, 1.82) is 0 Å². The summed E-state index contributed by atoms with van der Waals surface area (Å²) in [6, 6.07) is 7.49. The molecule has 0 radical (unpaired) electrons. The summed E-state index contributed by atoms with van der Waals surface area (Å²) in [5, 5.41) is 8.89. The Morgan fingerprint density at radius 1 is 1.33 bits per heavy atom. The zero-order valence-electron chi connectivity index (χ0n) is 12.8. The number of amides is 1. The highest BCUT2D eigenvalue weighted by molar-refractivity contribution is 5.81. The number of hydrogen-bond donors (Lipinski definition) is 1. The van der Waals surface area contributed by atoms with Crippen LogP contribution in [0.3, 0.4) is 0 Å². The van der Waals surface area contributed by atoms with Crippen LogP contribution in [0.4, 0.5) is 0 Å². The van der Waals surface area contributed by atoms with Gasteiger partial charge in [-0.1, -0.05) is 25.1 Å². The minimum atomic E-state index is -0.997. The second-order valence-corrected chi connectivity index (χ2v) is 5.04. The molecule has 1 N–H and O–H groups in total. The van der Waals surface area contributed by atoms with Crippen LogP contribution in [0.25, 0.3) is 0 Å². The fraction of sp³-hybridized carbons (Fsp3) is 0.500. The number of carbonyl (C=O) groups excluding carboxylic acids is 1. The van der Waals surface area contributed by atoms with Gasteiger partial charge in [0.1, 0.15) is 12.3 Å². The standard InChI is InChI=1S/C16H23NO4/c1-4-13(3)17(11-16(19)20)15(18)9-10-21-14-8-6-5-7-12(14)2/h5-8,13H,4,9-11H2,1-3H3,(H,19,20). The first-order valence-electron chi connectivity index (χ1n) is 7.15. The Labute approximate surface area is 125 Å². The molecule has 0 aliphatic carbocycles. The van der Waals surface area contributed by atoms with E-state index in [9.17, 15) is 9.59 Å². The molecule has 0 bridgehead atoms. The number of benzene rings is 1. The van der Waals surface area contributed by atoms with Crippen LogP contribution >= 0.6 is 0 Å². The number of aliphatic carboxylic acids is 1. The molecular formula is C16H23NO4. The van der Waals surface area contributed by atoms with Gasteiger partial charge in [0, 0.05) is 6.04 Å². The van der Waals surface area contributed by atoms with Gasteiger partial charge in [0.25, 0.3) is 0 Å². The van der Waals surface area contributed by atoms with E-state index in [1.165, 1.54) is 4.90 Å². The lowest BCUT2D eigenvalue weighted by atomic mass is 10.2. The van der Waals surface area contributed by atoms with Crippen LogP contribution in [0.1, 0.15) is 32.3 Å². The van der Waals surface area contributed by atoms with Crippen molar-refractivity contribution in [3.05, 3.63) is 29.8 Å². The largest absolute Gasteiger partial charge is 0.493 e. The fourth-order valence-corrected chi connectivity index (χ4v) is 1.97. The smallest absolute Gasteiger partial charge is 0.323 e. The van der Waals surface area contributed by atoms with E-state index in [0.717, 1.165) is 17.7 Å². The van der Waals surface area contributed by atoms with Gasteiger partial charge in [-0.25, -0.2) is 0 Å². The van der Waals surface area contributed by atoms with Gasteiger partial charge in [0.15, 0.2) is 0 Å². The molecule has 1 rings (SSSR count). The third-order valence-electron chi connectivity index (χ3n) is 3.42. The fourth-order valence-electron chi connectivity index (χ4n) is 1.97. The number of carbonyl (C=O) groups is 2. The van der Waals surface area contributed by atoms with Crippen LogP contribution in [-0.2, 0) is 9.59 Å². The summed E-state index contributed by atoms with van der Waals surface area (Å²) in [5.41, 5.74) is 1.01. The molecule has 0 heterocycles. The molecule has 0 saturated carbocycles. The number of carboxylic acid groups (broad SMARTS) is 1. The Kier molecular flexibility index (Phi) is 6.72. The predicted octanol–water partition coefficient (Wildman–Crippen LogP) is 2.48. The summed E-state index contributed by atoms with van der Waals surface area (Å²) in [7, 11) is 0. The molecule has 0 spiro atoms. The monoisotopic (exact) mass is 293 g/mol. The quantitative estimate of drug-likeness (QED) is 0.799. The summed E-state index contributed by atoms with van der Waals surface area (Å²) in [6.45, 7) is 5.70. The van der Waals surface area contributed by atoms with Crippen LogP contribution in [0.15, 0.2) is 24.3 Å². The van der Waals surface area contributed by atoms with Gasteiger partial charge in [-0.2, -0.15) is 0 Å². The van der Waals surface area contributed by atoms with E-state index in [-0.39, 0.29) is 31.5 Å². The van der Waals surface area contributed by atoms with Gasteiger partial charge in [0.2, 0.25) is 5.91 Å². The minimum Gasteiger partial charge on any atom is -0.493 e. The molecule has 1 aromatic carbocycles. The maximum Gasteiger partial charge on any atom is 0.323 e.